The van der Waals surface area contributed by atoms with Crippen LogP contribution in [0.3, 0.4) is 0 Å². The third kappa shape index (κ3) is 3.79. The molecule has 2 heterocycles. The molecular weight excluding hydrogens is 276 g/mol. The van der Waals surface area contributed by atoms with Gasteiger partial charge in [-0.3, -0.25) is 0 Å². The molecule has 2 aliphatic heterocycles. The van der Waals surface area contributed by atoms with Crippen molar-refractivity contribution in [1.82, 2.24) is 9.80 Å². The van der Waals surface area contributed by atoms with E-state index in [2.05, 4.69) is 0 Å². The molecule has 20 heavy (non-hydrogen) atoms. The van der Waals surface area contributed by atoms with E-state index in [1.807, 2.05) is 0 Å². The Labute approximate surface area is 115 Å². The molecule has 2 amide bonds. The predicted molar refractivity (Wildman–Crippen MR) is 67.4 cm³/mol. The normalized spacial score (nSPS) is 26.5. The number of rotatable bonds is 1. The molecule has 0 aromatic carbocycles. The Morgan fingerprint density at radius 1 is 1.15 bits per heavy atom. The number of halogens is 3. The van der Waals surface area contributed by atoms with Crippen molar-refractivity contribution in [2.24, 2.45) is 0 Å². The third-order valence-electron chi connectivity index (χ3n) is 3.86. The Morgan fingerprint density at radius 2 is 1.80 bits per heavy atom. The van der Waals surface area contributed by atoms with E-state index in [1.54, 1.807) is 0 Å². The number of amides is 2. The quantitative estimate of drug-likeness (QED) is 0.737. The minimum atomic E-state index is -4.81. The molecule has 0 radical (unpaired) electrons. The van der Waals surface area contributed by atoms with E-state index in [1.165, 1.54) is 9.80 Å². The second-order valence-corrected chi connectivity index (χ2v) is 5.41. The van der Waals surface area contributed by atoms with Gasteiger partial charge in [0.15, 0.2) is 0 Å². The Morgan fingerprint density at radius 3 is 2.40 bits per heavy atom. The van der Waals surface area contributed by atoms with Crippen molar-refractivity contribution in [3.05, 3.63) is 0 Å². The van der Waals surface area contributed by atoms with Crippen molar-refractivity contribution in [3.63, 3.8) is 0 Å². The summed E-state index contributed by atoms with van der Waals surface area (Å²) < 4.78 is 43.0. The van der Waals surface area contributed by atoms with Gasteiger partial charge in [0.2, 0.25) is 0 Å². The van der Waals surface area contributed by atoms with Gasteiger partial charge in [-0.2, -0.15) is 0 Å². The number of nitrogens with zero attached hydrogens (tertiary/aromatic N) is 2. The maximum atomic E-state index is 12.6. The molecule has 116 valence electrons. The highest BCUT2D eigenvalue weighted by atomic mass is 19.4. The first-order chi connectivity index (χ1) is 9.38. The lowest BCUT2D eigenvalue weighted by atomic mass is 9.67. The molecule has 2 saturated heterocycles. The lowest BCUT2D eigenvalue weighted by Gasteiger charge is -2.38. The summed E-state index contributed by atoms with van der Waals surface area (Å²) in [5.74, 6) is -1.25. The van der Waals surface area contributed by atoms with Crippen molar-refractivity contribution < 1.29 is 27.6 Å². The number of carbonyl (C=O) groups is 1. The molecule has 2 aliphatic rings. The van der Waals surface area contributed by atoms with Crippen molar-refractivity contribution >= 4 is 13.0 Å². The third-order valence-corrected chi connectivity index (χ3v) is 3.86. The Kier molecular flexibility index (Phi) is 4.80. The average molecular weight is 295 g/mol. The van der Waals surface area contributed by atoms with Crippen LogP contribution in [0.15, 0.2) is 0 Å². The topological polar surface area (TPSA) is 53.0 Å². The number of carbonyl (C=O) groups excluding carboxylic acids is 1. The van der Waals surface area contributed by atoms with E-state index in [0.29, 0.717) is 13.2 Å². The number of urea groups is 1. The average Bonchev–Trinajstić information content (AvgIpc) is 2.62. The highest BCUT2D eigenvalue weighted by Crippen LogP contribution is 2.35. The van der Waals surface area contributed by atoms with Gasteiger partial charge in [0, 0.05) is 19.6 Å². The van der Waals surface area contributed by atoms with Gasteiger partial charge in [-0.05, 0) is 0 Å². The van der Waals surface area contributed by atoms with Gasteiger partial charge >= 0.3 is 13.0 Å². The fourth-order valence-corrected chi connectivity index (χ4v) is 2.63. The minimum absolute atomic E-state index is 0.0257. The molecular formula is C11H19BF3N2O3-. The van der Waals surface area contributed by atoms with Crippen LogP contribution in [0.4, 0.5) is 17.7 Å². The van der Waals surface area contributed by atoms with E-state index >= 15 is 0 Å². The van der Waals surface area contributed by atoms with Crippen LogP contribution in [0.25, 0.3) is 0 Å². The lowest BCUT2D eigenvalue weighted by Crippen LogP contribution is -2.49. The van der Waals surface area contributed by atoms with Gasteiger partial charge in [-0.25, -0.2) is 4.79 Å². The zero-order valence-electron chi connectivity index (χ0n) is 11.2. The molecule has 0 aliphatic carbocycles. The van der Waals surface area contributed by atoms with Crippen LogP contribution in [-0.4, -0.2) is 73.4 Å². The fraction of sp³-hybridized carbons (Fsp3) is 0.909. The van der Waals surface area contributed by atoms with E-state index < -0.39 is 18.9 Å². The minimum Gasteiger partial charge on any atom is -0.449 e. The van der Waals surface area contributed by atoms with Crippen LogP contribution >= 0.6 is 0 Å². The number of hydrogen-bond acceptors (Lipinski definition) is 3. The largest absolute Gasteiger partial charge is 0.481 e. The summed E-state index contributed by atoms with van der Waals surface area (Å²) in [5.41, 5.74) is 0. The molecule has 2 rings (SSSR count). The second kappa shape index (κ2) is 6.21. The van der Waals surface area contributed by atoms with Crippen LogP contribution in [0.1, 0.15) is 12.8 Å². The van der Waals surface area contributed by atoms with Crippen molar-refractivity contribution in [1.29, 1.82) is 0 Å². The highest BCUT2D eigenvalue weighted by molar-refractivity contribution is 6.60. The van der Waals surface area contributed by atoms with Crippen LogP contribution in [0, 0.1) is 0 Å². The summed E-state index contributed by atoms with van der Waals surface area (Å²) in [6, 6.07) is -0.303. The van der Waals surface area contributed by atoms with Crippen LogP contribution in [-0.2, 0) is 4.74 Å². The van der Waals surface area contributed by atoms with Gasteiger partial charge in [0.05, 0.1) is 25.9 Å². The smallest absolute Gasteiger partial charge is 0.449 e. The number of likely N-dealkylation sites (tertiary alicyclic amines) is 1. The highest BCUT2D eigenvalue weighted by Gasteiger charge is 2.38. The molecule has 0 aromatic rings. The second-order valence-electron chi connectivity index (χ2n) is 5.41. The lowest BCUT2D eigenvalue weighted by molar-refractivity contribution is 0.0565. The first-order valence-corrected chi connectivity index (χ1v) is 6.87. The number of ether oxygens (including phenoxy) is 1. The number of aliphatic hydroxyl groups excluding tert-OH is 1. The summed E-state index contributed by atoms with van der Waals surface area (Å²) in [5, 5.41) is 9.57. The molecule has 0 bridgehead atoms. The van der Waals surface area contributed by atoms with E-state index in [-0.39, 0.29) is 45.1 Å². The van der Waals surface area contributed by atoms with Gasteiger partial charge in [-0.15, -0.1) is 0 Å². The van der Waals surface area contributed by atoms with Crippen molar-refractivity contribution in [2.45, 2.75) is 24.8 Å². The Balaban J connectivity index is 1.88. The molecule has 1 atom stereocenters. The van der Waals surface area contributed by atoms with Crippen LogP contribution < -0.4 is 0 Å². The van der Waals surface area contributed by atoms with Gasteiger partial charge in [0.1, 0.15) is 0 Å². The zero-order valence-corrected chi connectivity index (χ0v) is 11.2. The summed E-state index contributed by atoms with van der Waals surface area (Å²) >= 11 is 0. The summed E-state index contributed by atoms with van der Waals surface area (Å²) in [4.78, 5) is 15.1. The van der Waals surface area contributed by atoms with Gasteiger partial charge < -0.3 is 32.6 Å². The number of β-amino-alcohol motifs (C(OH)–C–C–N with tert-alkyl or cyclic N) is 1. The SMILES string of the molecule is O=C(N1CCC([B-](F)(F)F)CC1)N1CCOCC(O)C1. The Bertz CT molecular complexity index is 348. The molecule has 2 fully saturated rings. The van der Waals surface area contributed by atoms with E-state index in [0.717, 1.165) is 0 Å². The molecule has 5 nitrogen and oxygen atoms in total. The molecule has 1 N–H and O–H groups in total. The standard InChI is InChI=1S/C11H19BF3N2O3/c13-12(14,15)9-1-3-16(4-2-9)11(19)17-5-6-20-8-10(18)7-17/h9-10,18H,1-8H2/q-1. The molecule has 0 spiro atoms. The van der Waals surface area contributed by atoms with Crippen molar-refractivity contribution in [2.75, 3.05) is 39.4 Å². The van der Waals surface area contributed by atoms with Crippen LogP contribution in [0.2, 0.25) is 5.82 Å². The number of hydrogen-bond donors (Lipinski definition) is 1. The zero-order chi connectivity index (χ0) is 14.8. The molecule has 0 aromatic heterocycles. The number of aliphatic hydroxyl groups is 1. The molecule has 0 saturated carbocycles. The van der Waals surface area contributed by atoms with Crippen LogP contribution in [0.5, 0.6) is 0 Å². The summed E-state index contributed by atoms with van der Waals surface area (Å²) in [6.45, 7) is -3.52. The maximum absolute atomic E-state index is 12.6. The first kappa shape index (κ1) is 15.4. The van der Waals surface area contributed by atoms with Crippen molar-refractivity contribution in [3.8, 4) is 0 Å². The fourth-order valence-electron chi connectivity index (χ4n) is 2.63. The first-order valence-electron chi connectivity index (χ1n) is 6.87. The van der Waals surface area contributed by atoms with E-state index in [9.17, 15) is 22.8 Å². The van der Waals surface area contributed by atoms with Gasteiger partial charge in [-0.1, -0.05) is 18.7 Å². The molecule has 9 heteroatoms. The van der Waals surface area contributed by atoms with E-state index in [4.69, 9.17) is 4.74 Å². The summed E-state index contributed by atoms with van der Waals surface area (Å²) in [6.07, 6.45) is -0.790. The molecule has 1 unspecified atom stereocenters. The number of piperidine rings is 1. The Hall–Kier alpha value is -0.955. The monoisotopic (exact) mass is 295 g/mol. The maximum Gasteiger partial charge on any atom is 0.481 e. The predicted octanol–water partition coefficient (Wildman–Crippen LogP) is 1.11. The van der Waals surface area contributed by atoms with Gasteiger partial charge in [0.25, 0.3) is 0 Å². The summed E-state index contributed by atoms with van der Waals surface area (Å²) in [7, 11) is 0.